The molecule has 20 heavy (non-hydrogen) atoms. The lowest BCUT2D eigenvalue weighted by atomic mass is 10.1. The van der Waals surface area contributed by atoms with E-state index in [1.54, 1.807) is 4.90 Å². The molecule has 2 atom stereocenters. The molecule has 0 aromatic carbocycles. The molecule has 2 unspecified atom stereocenters. The van der Waals surface area contributed by atoms with E-state index in [1.807, 2.05) is 0 Å². The van der Waals surface area contributed by atoms with Crippen LogP contribution >= 0.6 is 0 Å². The van der Waals surface area contributed by atoms with E-state index in [0.717, 1.165) is 0 Å². The van der Waals surface area contributed by atoms with Gasteiger partial charge in [0.25, 0.3) is 0 Å². The highest BCUT2D eigenvalue weighted by molar-refractivity contribution is 5.81. The standard InChI is InChI=1S/C12H19N3O5/c13-11(18)8-1-2-14(6-8)12(19)15-3-4-20-7-9(15)5-10(16)17/h8-9H,1-7H2,(H2,13,18)(H,16,17). The Balaban J connectivity index is 1.99. The molecule has 3 amide bonds. The minimum absolute atomic E-state index is 0.140. The fraction of sp³-hybridized carbons (Fsp3) is 0.750. The van der Waals surface area contributed by atoms with Crippen LogP contribution in [0, 0.1) is 5.92 Å². The number of carbonyl (C=O) groups is 3. The normalized spacial score (nSPS) is 26.6. The van der Waals surface area contributed by atoms with E-state index in [1.165, 1.54) is 4.90 Å². The summed E-state index contributed by atoms with van der Waals surface area (Å²) in [5.74, 6) is -1.67. The molecule has 8 heteroatoms. The van der Waals surface area contributed by atoms with Gasteiger partial charge < -0.3 is 25.4 Å². The van der Waals surface area contributed by atoms with E-state index < -0.39 is 17.9 Å². The number of morpholine rings is 1. The highest BCUT2D eigenvalue weighted by atomic mass is 16.5. The number of carboxylic acid groups (broad SMARTS) is 1. The van der Waals surface area contributed by atoms with Crippen LogP contribution in [-0.4, -0.2) is 71.7 Å². The van der Waals surface area contributed by atoms with Crippen LogP contribution in [0.3, 0.4) is 0 Å². The molecule has 2 rings (SSSR count). The Morgan fingerprint density at radius 3 is 2.65 bits per heavy atom. The van der Waals surface area contributed by atoms with Crippen LogP contribution in [0.5, 0.6) is 0 Å². The van der Waals surface area contributed by atoms with Crippen molar-refractivity contribution in [3.8, 4) is 0 Å². The highest BCUT2D eigenvalue weighted by Gasteiger charge is 2.36. The van der Waals surface area contributed by atoms with Gasteiger partial charge in [-0.05, 0) is 6.42 Å². The lowest BCUT2D eigenvalue weighted by Gasteiger charge is -2.37. The Morgan fingerprint density at radius 2 is 2.05 bits per heavy atom. The average Bonchev–Trinajstić information content (AvgIpc) is 2.87. The largest absolute Gasteiger partial charge is 0.481 e. The third kappa shape index (κ3) is 3.19. The van der Waals surface area contributed by atoms with Crippen molar-refractivity contribution in [3.05, 3.63) is 0 Å². The van der Waals surface area contributed by atoms with Crippen molar-refractivity contribution in [3.63, 3.8) is 0 Å². The first kappa shape index (κ1) is 14.6. The lowest BCUT2D eigenvalue weighted by molar-refractivity contribution is -0.139. The number of carbonyl (C=O) groups excluding carboxylic acids is 2. The third-order valence-corrected chi connectivity index (χ3v) is 3.74. The van der Waals surface area contributed by atoms with Crippen molar-refractivity contribution in [2.75, 3.05) is 32.8 Å². The number of carboxylic acids is 1. The molecule has 3 N–H and O–H groups in total. The van der Waals surface area contributed by atoms with Crippen molar-refractivity contribution < 1.29 is 24.2 Å². The molecule has 112 valence electrons. The second kappa shape index (κ2) is 6.08. The Bertz CT molecular complexity index is 414. The number of rotatable bonds is 3. The third-order valence-electron chi connectivity index (χ3n) is 3.74. The van der Waals surface area contributed by atoms with Gasteiger partial charge in [-0.3, -0.25) is 9.59 Å². The maximum Gasteiger partial charge on any atom is 0.320 e. The van der Waals surface area contributed by atoms with Crippen molar-refractivity contribution in [2.45, 2.75) is 18.9 Å². The fourth-order valence-corrected chi connectivity index (χ4v) is 2.63. The Hall–Kier alpha value is -1.83. The molecule has 2 aliphatic heterocycles. The quantitative estimate of drug-likeness (QED) is 0.697. The molecule has 2 fully saturated rings. The Kier molecular flexibility index (Phi) is 4.43. The summed E-state index contributed by atoms with van der Waals surface area (Å²) in [6, 6.07) is -0.690. The summed E-state index contributed by atoms with van der Waals surface area (Å²) in [5.41, 5.74) is 5.24. The predicted octanol–water partition coefficient (Wildman–Crippen LogP) is -0.911. The van der Waals surface area contributed by atoms with Gasteiger partial charge in [0, 0.05) is 19.6 Å². The number of likely N-dealkylation sites (tertiary alicyclic amines) is 1. The second-order valence-electron chi connectivity index (χ2n) is 5.14. The topological polar surface area (TPSA) is 113 Å². The number of ether oxygens (including phenoxy) is 1. The van der Waals surface area contributed by atoms with Gasteiger partial charge in [-0.2, -0.15) is 0 Å². The van der Waals surface area contributed by atoms with Gasteiger partial charge >= 0.3 is 12.0 Å². The zero-order chi connectivity index (χ0) is 14.7. The SMILES string of the molecule is NC(=O)C1CCN(C(=O)N2CCOCC2CC(=O)O)C1. The molecular weight excluding hydrogens is 266 g/mol. The summed E-state index contributed by atoms with van der Waals surface area (Å²) < 4.78 is 5.24. The molecule has 0 aromatic rings. The van der Waals surface area contributed by atoms with Crippen molar-refractivity contribution in [2.24, 2.45) is 11.7 Å². The molecule has 2 saturated heterocycles. The summed E-state index contributed by atoms with van der Waals surface area (Å²) in [6.07, 6.45) is 0.424. The maximum absolute atomic E-state index is 12.4. The summed E-state index contributed by atoms with van der Waals surface area (Å²) in [7, 11) is 0. The number of primary amides is 1. The van der Waals surface area contributed by atoms with Crippen LogP contribution in [0.4, 0.5) is 4.79 Å². The number of nitrogens with two attached hydrogens (primary N) is 1. The minimum Gasteiger partial charge on any atom is -0.481 e. The molecule has 2 heterocycles. The Morgan fingerprint density at radius 1 is 1.30 bits per heavy atom. The molecule has 0 saturated carbocycles. The van der Waals surface area contributed by atoms with Crippen LogP contribution in [0.25, 0.3) is 0 Å². The van der Waals surface area contributed by atoms with E-state index in [2.05, 4.69) is 0 Å². The maximum atomic E-state index is 12.4. The zero-order valence-corrected chi connectivity index (χ0v) is 11.2. The zero-order valence-electron chi connectivity index (χ0n) is 11.2. The molecule has 2 aliphatic rings. The van der Waals surface area contributed by atoms with Crippen LogP contribution in [0.15, 0.2) is 0 Å². The van der Waals surface area contributed by atoms with Gasteiger partial charge in [-0.1, -0.05) is 0 Å². The summed E-state index contributed by atoms with van der Waals surface area (Å²) >= 11 is 0. The number of aliphatic carboxylic acids is 1. The van der Waals surface area contributed by atoms with E-state index in [4.69, 9.17) is 15.6 Å². The van der Waals surface area contributed by atoms with E-state index >= 15 is 0 Å². The van der Waals surface area contributed by atoms with Crippen LogP contribution in [0.2, 0.25) is 0 Å². The molecular formula is C12H19N3O5. The smallest absolute Gasteiger partial charge is 0.320 e. The first-order valence-corrected chi connectivity index (χ1v) is 6.63. The van der Waals surface area contributed by atoms with Crippen molar-refractivity contribution in [1.29, 1.82) is 0 Å². The molecule has 0 radical (unpaired) electrons. The second-order valence-corrected chi connectivity index (χ2v) is 5.14. The van der Waals surface area contributed by atoms with Gasteiger partial charge in [-0.15, -0.1) is 0 Å². The van der Waals surface area contributed by atoms with E-state index in [-0.39, 0.29) is 25.0 Å². The fourth-order valence-electron chi connectivity index (χ4n) is 2.63. The monoisotopic (exact) mass is 285 g/mol. The van der Waals surface area contributed by atoms with Crippen molar-refractivity contribution >= 4 is 17.9 Å². The minimum atomic E-state index is -0.963. The van der Waals surface area contributed by atoms with Gasteiger partial charge in [0.05, 0.1) is 31.6 Å². The van der Waals surface area contributed by atoms with Gasteiger partial charge in [0.1, 0.15) is 0 Å². The van der Waals surface area contributed by atoms with E-state index in [9.17, 15) is 14.4 Å². The van der Waals surface area contributed by atoms with Crippen molar-refractivity contribution in [1.82, 2.24) is 9.80 Å². The van der Waals surface area contributed by atoms with Gasteiger partial charge in [0.15, 0.2) is 0 Å². The molecule has 0 aliphatic carbocycles. The lowest BCUT2D eigenvalue weighted by Crippen LogP contribution is -2.54. The summed E-state index contributed by atoms with van der Waals surface area (Å²) in [4.78, 5) is 37.5. The molecule has 0 spiro atoms. The molecule has 0 aromatic heterocycles. The van der Waals surface area contributed by atoms with Crippen LogP contribution in [-0.2, 0) is 14.3 Å². The average molecular weight is 285 g/mol. The number of nitrogens with zero attached hydrogens (tertiary/aromatic N) is 2. The number of hydrogen-bond acceptors (Lipinski definition) is 4. The summed E-state index contributed by atoms with van der Waals surface area (Å²) in [5, 5.41) is 8.88. The molecule has 0 bridgehead atoms. The molecule has 8 nitrogen and oxygen atoms in total. The first-order chi connectivity index (χ1) is 9.49. The number of urea groups is 1. The number of hydrogen-bond donors (Lipinski definition) is 2. The summed E-state index contributed by atoms with van der Waals surface area (Å²) in [6.45, 7) is 1.78. The predicted molar refractivity (Wildman–Crippen MR) is 67.8 cm³/mol. The van der Waals surface area contributed by atoms with Gasteiger partial charge in [0.2, 0.25) is 5.91 Å². The number of amides is 3. The highest BCUT2D eigenvalue weighted by Crippen LogP contribution is 2.20. The Labute approximate surface area is 116 Å². The van der Waals surface area contributed by atoms with Crippen LogP contribution < -0.4 is 5.73 Å². The first-order valence-electron chi connectivity index (χ1n) is 6.63. The van der Waals surface area contributed by atoms with Gasteiger partial charge in [-0.25, -0.2) is 4.79 Å². The van der Waals surface area contributed by atoms with E-state index in [0.29, 0.717) is 32.7 Å². The van der Waals surface area contributed by atoms with Crippen LogP contribution in [0.1, 0.15) is 12.8 Å².